The van der Waals surface area contributed by atoms with Gasteiger partial charge in [0, 0.05) is 12.3 Å². The fraction of sp³-hybridized carbons (Fsp3) is 0.600. The molecule has 0 aliphatic rings. The van der Waals surface area contributed by atoms with E-state index in [0.29, 0.717) is 11.8 Å². The molecule has 1 rings (SSSR count). The molecule has 0 radical (unpaired) electrons. The van der Waals surface area contributed by atoms with Crippen molar-refractivity contribution < 1.29 is 4.43 Å². The van der Waals surface area contributed by atoms with Crippen LogP contribution in [0, 0.1) is 24.2 Å². The second-order valence-electron chi connectivity index (χ2n) is 6.51. The van der Waals surface area contributed by atoms with Gasteiger partial charge in [-0.05, 0) is 29.6 Å². The van der Waals surface area contributed by atoms with E-state index in [-0.39, 0.29) is 6.10 Å². The Morgan fingerprint density at radius 1 is 1.05 bits per heavy atom. The van der Waals surface area contributed by atoms with E-state index in [4.69, 9.17) is 10.8 Å². The van der Waals surface area contributed by atoms with Crippen molar-refractivity contribution in [2.75, 3.05) is 0 Å². The van der Waals surface area contributed by atoms with Crippen LogP contribution in [0.1, 0.15) is 52.7 Å². The highest BCUT2D eigenvalue weighted by molar-refractivity contribution is 6.73. The molecule has 122 valence electrons. The molecular formula is C20H32OSi. The van der Waals surface area contributed by atoms with Crippen LogP contribution in [0.2, 0.25) is 18.1 Å². The van der Waals surface area contributed by atoms with Crippen LogP contribution in [0.3, 0.4) is 0 Å². The first-order chi connectivity index (χ1) is 10.5. The molecule has 0 N–H and O–H groups in total. The average Bonchev–Trinajstić information content (AvgIpc) is 2.56. The summed E-state index contributed by atoms with van der Waals surface area (Å²) >= 11 is 0. The minimum absolute atomic E-state index is 0.128. The summed E-state index contributed by atoms with van der Waals surface area (Å²) in [7, 11) is -1.67. The van der Waals surface area contributed by atoms with Crippen molar-refractivity contribution in [2.45, 2.75) is 65.3 Å². The maximum atomic E-state index is 6.89. The van der Waals surface area contributed by atoms with Crippen molar-refractivity contribution in [1.82, 2.24) is 0 Å². The van der Waals surface area contributed by atoms with E-state index in [2.05, 4.69) is 70.9 Å². The standard InChI is InChI=1S/C20H32OSi/c1-7-14-19(17(5)6)20(18-15-12-11-13-16-18)21-22(8-2,9-3)10-4/h1,11-13,15-17,19-20H,8-10,14H2,2-6H3/t19-,20+/m0/s1. The van der Waals surface area contributed by atoms with Gasteiger partial charge in [-0.1, -0.05) is 65.0 Å². The number of benzene rings is 1. The zero-order chi connectivity index (χ0) is 16.6. The van der Waals surface area contributed by atoms with E-state index < -0.39 is 8.32 Å². The van der Waals surface area contributed by atoms with E-state index in [0.717, 1.165) is 6.42 Å². The van der Waals surface area contributed by atoms with Gasteiger partial charge in [0.15, 0.2) is 8.32 Å². The van der Waals surface area contributed by atoms with Gasteiger partial charge in [0.25, 0.3) is 0 Å². The van der Waals surface area contributed by atoms with Crippen molar-refractivity contribution in [1.29, 1.82) is 0 Å². The third-order valence-electron chi connectivity index (χ3n) is 5.04. The van der Waals surface area contributed by atoms with Gasteiger partial charge in [-0.15, -0.1) is 12.3 Å². The predicted octanol–water partition coefficient (Wildman–Crippen LogP) is 6.05. The van der Waals surface area contributed by atoms with Crippen molar-refractivity contribution in [2.24, 2.45) is 11.8 Å². The number of terminal acetylenes is 1. The Morgan fingerprint density at radius 3 is 2.00 bits per heavy atom. The third kappa shape index (κ3) is 4.73. The molecule has 0 bridgehead atoms. The maximum absolute atomic E-state index is 6.89. The normalized spacial score (nSPS) is 14.6. The quantitative estimate of drug-likeness (QED) is 0.398. The zero-order valence-corrected chi connectivity index (χ0v) is 15.9. The smallest absolute Gasteiger partial charge is 0.192 e. The zero-order valence-electron chi connectivity index (χ0n) is 14.9. The van der Waals surface area contributed by atoms with Gasteiger partial charge < -0.3 is 4.43 Å². The second kappa shape index (κ2) is 9.18. The van der Waals surface area contributed by atoms with Crippen LogP contribution >= 0.6 is 0 Å². The molecule has 0 unspecified atom stereocenters. The summed E-state index contributed by atoms with van der Waals surface area (Å²) < 4.78 is 6.89. The van der Waals surface area contributed by atoms with Crippen molar-refractivity contribution in [3.8, 4) is 12.3 Å². The molecule has 0 amide bonds. The molecular weight excluding hydrogens is 284 g/mol. The molecule has 0 fully saturated rings. The van der Waals surface area contributed by atoms with E-state index in [1.54, 1.807) is 0 Å². The largest absolute Gasteiger partial charge is 0.410 e. The predicted molar refractivity (Wildman–Crippen MR) is 99.2 cm³/mol. The number of hydrogen-bond acceptors (Lipinski definition) is 1. The monoisotopic (exact) mass is 316 g/mol. The summed E-state index contributed by atoms with van der Waals surface area (Å²) in [5.41, 5.74) is 1.28. The number of hydrogen-bond donors (Lipinski definition) is 0. The molecule has 0 saturated carbocycles. The molecule has 0 saturated heterocycles. The summed E-state index contributed by atoms with van der Waals surface area (Å²) in [6, 6.07) is 14.2. The fourth-order valence-corrected chi connectivity index (χ4v) is 5.99. The minimum atomic E-state index is -1.67. The van der Waals surface area contributed by atoms with E-state index in [1.165, 1.54) is 23.7 Å². The van der Waals surface area contributed by atoms with Gasteiger partial charge >= 0.3 is 0 Å². The lowest BCUT2D eigenvalue weighted by atomic mass is 9.84. The summed E-state index contributed by atoms with van der Waals surface area (Å²) in [5, 5.41) is 0. The Balaban J connectivity index is 3.19. The van der Waals surface area contributed by atoms with Gasteiger partial charge in [0.2, 0.25) is 0 Å². The molecule has 2 atom stereocenters. The summed E-state index contributed by atoms with van der Waals surface area (Å²) in [6.07, 6.45) is 6.56. The minimum Gasteiger partial charge on any atom is -0.410 e. The van der Waals surface area contributed by atoms with Crippen LogP contribution in [0.15, 0.2) is 30.3 Å². The second-order valence-corrected chi connectivity index (χ2v) is 11.2. The summed E-state index contributed by atoms with van der Waals surface area (Å²) in [6.45, 7) is 11.4. The molecule has 22 heavy (non-hydrogen) atoms. The van der Waals surface area contributed by atoms with Crippen LogP contribution in [-0.2, 0) is 4.43 Å². The van der Waals surface area contributed by atoms with Crippen LogP contribution in [0.4, 0.5) is 0 Å². The molecule has 0 aliphatic carbocycles. The van der Waals surface area contributed by atoms with Crippen molar-refractivity contribution in [3.05, 3.63) is 35.9 Å². The van der Waals surface area contributed by atoms with Crippen LogP contribution in [-0.4, -0.2) is 8.32 Å². The topological polar surface area (TPSA) is 9.23 Å². The van der Waals surface area contributed by atoms with Gasteiger partial charge in [-0.25, -0.2) is 0 Å². The van der Waals surface area contributed by atoms with Gasteiger partial charge in [0.1, 0.15) is 0 Å². The highest BCUT2D eigenvalue weighted by Gasteiger charge is 2.36. The first kappa shape index (κ1) is 19.0. The molecule has 0 heterocycles. The van der Waals surface area contributed by atoms with Crippen molar-refractivity contribution >= 4 is 8.32 Å². The highest BCUT2D eigenvalue weighted by atomic mass is 28.4. The molecule has 0 spiro atoms. The average molecular weight is 317 g/mol. The SMILES string of the molecule is C#CC[C@@H](C(C)C)[C@H](O[Si](CC)(CC)CC)c1ccccc1. The Bertz CT molecular complexity index is 448. The Labute approximate surface area is 138 Å². The van der Waals surface area contributed by atoms with E-state index >= 15 is 0 Å². The third-order valence-corrected chi connectivity index (χ3v) is 9.66. The fourth-order valence-electron chi connectivity index (χ4n) is 3.14. The molecule has 1 aromatic rings. The molecule has 2 heteroatoms. The molecule has 0 aromatic heterocycles. The van der Waals surface area contributed by atoms with Crippen LogP contribution in [0.25, 0.3) is 0 Å². The van der Waals surface area contributed by atoms with Crippen molar-refractivity contribution in [3.63, 3.8) is 0 Å². The van der Waals surface area contributed by atoms with Gasteiger partial charge in [0.05, 0.1) is 6.10 Å². The van der Waals surface area contributed by atoms with Crippen LogP contribution in [0.5, 0.6) is 0 Å². The molecule has 1 aromatic carbocycles. The van der Waals surface area contributed by atoms with Gasteiger partial charge in [-0.2, -0.15) is 0 Å². The molecule has 0 aliphatic heterocycles. The van der Waals surface area contributed by atoms with E-state index in [1.807, 2.05) is 0 Å². The summed E-state index contributed by atoms with van der Waals surface area (Å²) in [4.78, 5) is 0. The lowest BCUT2D eigenvalue weighted by Crippen LogP contribution is -2.39. The lowest BCUT2D eigenvalue weighted by Gasteiger charge is -2.38. The molecule has 1 nitrogen and oxygen atoms in total. The maximum Gasteiger partial charge on any atom is 0.192 e. The lowest BCUT2D eigenvalue weighted by molar-refractivity contribution is 0.0962. The summed E-state index contributed by atoms with van der Waals surface area (Å²) in [5.74, 6) is 3.77. The number of rotatable bonds is 9. The van der Waals surface area contributed by atoms with Crippen LogP contribution < -0.4 is 0 Å². The Kier molecular flexibility index (Phi) is 7.93. The Hall–Kier alpha value is -1.04. The highest BCUT2D eigenvalue weighted by Crippen LogP contribution is 2.38. The van der Waals surface area contributed by atoms with E-state index in [9.17, 15) is 0 Å². The Morgan fingerprint density at radius 2 is 1.59 bits per heavy atom. The first-order valence-corrected chi connectivity index (χ1v) is 11.2. The van der Waals surface area contributed by atoms with Gasteiger partial charge in [-0.3, -0.25) is 0 Å². The first-order valence-electron chi connectivity index (χ1n) is 8.69.